The number of hydrogen-bond acceptors (Lipinski definition) is 2. The van der Waals surface area contributed by atoms with Gasteiger partial charge in [-0.1, -0.05) is 49.4 Å². The lowest BCUT2D eigenvalue weighted by atomic mass is 10.1. The molecule has 2 aromatic rings. The van der Waals surface area contributed by atoms with Crippen molar-refractivity contribution in [2.45, 2.75) is 27.2 Å². The Hall–Kier alpha value is -2.09. The Morgan fingerprint density at radius 3 is 2.15 bits per heavy atom. The Balaban J connectivity index is 2.04. The second kappa shape index (κ2) is 6.38. The summed E-state index contributed by atoms with van der Waals surface area (Å²) in [6.45, 7) is 6.54. The molecule has 0 aliphatic rings. The van der Waals surface area contributed by atoms with Crippen LogP contribution in [0, 0.1) is 13.8 Å². The van der Waals surface area contributed by atoms with Crippen LogP contribution in [0.4, 0.5) is 5.69 Å². The molecular formula is C18H21NO. The van der Waals surface area contributed by atoms with Crippen LogP contribution in [0.2, 0.25) is 0 Å². The van der Waals surface area contributed by atoms with E-state index in [0.717, 1.165) is 17.7 Å². The number of para-hydroxylation sites is 1. The highest BCUT2D eigenvalue weighted by Crippen LogP contribution is 2.19. The molecule has 2 rings (SSSR count). The molecule has 0 bridgehead atoms. The fourth-order valence-corrected chi connectivity index (χ4v) is 2.29. The Kier molecular flexibility index (Phi) is 4.57. The fourth-order valence-electron chi connectivity index (χ4n) is 2.29. The Bertz CT molecular complexity index is 579. The van der Waals surface area contributed by atoms with E-state index in [1.807, 2.05) is 30.3 Å². The van der Waals surface area contributed by atoms with E-state index < -0.39 is 0 Å². The number of carbonyl (C=O) groups excluding carboxylic acids is 1. The summed E-state index contributed by atoms with van der Waals surface area (Å²) in [5.74, 6) is 0.121. The molecule has 0 aliphatic heterocycles. The lowest BCUT2D eigenvalue weighted by Crippen LogP contribution is -2.15. The number of nitrogens with one attached hydrogen (secondary N) is 1. The summed E-state index contributed by atoms with van der Waals surface area (Å²) in [6.07, 6.45) is 0.995. The van der Waals surface area contributed by atoms with E-state index in [2.05, 4.69) is 38.2 Å². The summed E-state index contributed by atoms with van der Waals surface area (Å²) in [5.41, 5.74) is 5.41. The Labute approximate surface area is 120 Å². The van der Waals surface area contributed by atoms with Gasteiger partial charge in [0.15, 0.2) is 5.78 Å². The zero-order valence-electron chi connectivity index (χ0n) is 12.4. The van der Waals surface area contributed by atoms with Crippen LogP contribution in [-0.4, -0.2) is 12.3 Å². The van der Waals surface area contributed by atoms with E-state index in [4.69, 9.17) is 0 Å². The molecule has 0 saturated heterocycles. The van der Waals surface area contributed by atoms with Crippen molar-refractivity contribution in [3.63, 3.8) is 0 Å². The molecule has 0 fully saturated rings. The molecule has 104 valence electrons. The monoisotopic (exact) mass is 267 g/mol. The highest BCUT2D eigenvalue weighted by atomic mass is 16.1. The smallest absolute Gasteiger partial charge is 0.181 e. The van der Waals surface area contributed by atoms with Gasteiger partial charge in [0.1, 0.15) is 0 Å². The van der Waals surface area contributed by atoms with Crippen molar-refractivity contribution in [1.82, 2.24) is 0 Å². The van der Waals surface area contributed by atoms with Crippen LogP contribution < -0.4 is 5.32 Å². The highest BCUT2D eigenvalue weighted by Gasteiger charge is 2.07. The molecule has 0 spiro atoms. The van der Waals surface area contributed by atoms with Crippen LogP contribution in [0.15, 0.2) is 42.5 Å². The molecular weight excluding hydrogens is 246 g/mol. The van der Waals surface area contributed by atoms with E-state index >= 15 is 0 Å². The topological polar surface area (TPSA) is 29.1 Å². The number of aryl methyl sites for hydroxylation is 3. The summed E-state index contributed by atoms with van der Waals surface area (Å²) in [7, 11) is 0. The standard InChI is InChI=1S/C18H21NO/c1-4-15-8-10-16(11-9-15)17(20)12-19-18-13(2)6-5-7-14(18)3/h5-11,19H,4,12H2,1-3H3. The summed E-state index contributed by atoms with van der Waals surface area (Å²) in [5, 5.41) is 3.26. The first-order valence-electron chi connectivity index (χ1n) is 7.04. The maximum Gasteiger partial charge on any atom is 0.181 e. The number of benzene rings is 2. The largest absolute Gasteiger partial charge is 0.377 e. The minimum atomic E-state index is 0.121. The molecule has 2 nitrogen and oxygen atoms in total. The number of carbonyl (C=O) groups is 1. The summed E-state index contributed by atoms with van der Waals surface area (Å²) in [6, 6.07) is 14.0. The summed E-state index contributed by atoms with van der Waals surface area (Å²) >= 11 is 0. The van der Waals surface area contributed by atoms with Crippen molar-refractivity contribution < 1.29 is 4.79 Å². The SMILES string of the molecule is CCc1ccc(C(=O)CNc2c(C)cccc2C)cc1. The molecule has 0 radical (unpaired) electrons. The molecule has 0 unspecified atom stereocenters. The lowest BCUT2D eigenvalue weighted by molar-refractivity contribution is 0.101. The maximum absolute atomic E-state index is 12.2. The molecule has 0 saturated carbocycles. The van der Waals surface area contributed by atoms with E-state index in [9.17, 15) is 4.79 Å². The number of anilines is 1. The minimum Gasteiger partial charge on any atom is -0.377 e. The van der Waals surface area contributed by atoms with Gasteiger partial charge in [0.05, 0.1) is 6.54 Å². The van der Waals surface area contributed by atoms with Crippen LogP contribution in [0.5, 0.6) is 0 Å². The quantitative estimate of drug-likeness (QED) is 0.824. The van der Waals surface area contributed by atoms with E-state index in [0.29, 0.717) is 6.54 Å². The number of Topliss-reactive ketones (excluding diaryl/α,β-unsaturated/α-hetero) is 1. The van der Waals surface area contributed by atoms with Gasteiger partial charge < -0.3 is 5.32 Å². The highest BCUT2D eigenvalue weighted by molar-refractivity contribution is 5.99. The normalized spacial score (nSPS) is 10.3. The number of ketones is 1. The van der Waals surface area contributed by atoms with E-state index in [-0.39, 0.29) is 5.78 Å². The number of hydrogen-bond donors (Lipinski definition) is 1. The molecule has 0 aliphatic carbocycles. The number of rotatable bonds is 5. The molecule has 1 N–H and O–H groups in total. The third kappa shape index (κ3) is 3.27. The van der Waals surface area contributed by atoms with Gasteiger partial charge in [0.25, 0.3) is 0 Å². The minimum absolute atomic E-state index is 0.121. The second-order valence-corrected chi connectivity index (χ2v) is 5.09. The molecule has 0 aromatic heterocycles. The van der Waals surface area contributed by atoms with E-state index in [1.165, 1.54) is 16.7 Å². The first kappa shape index (κ1) is 14.3. The fraction of sp³-hybridized carbons (Fsp3) is 0.278. The molecule has 20 heavy (non-hydrogen) atoms. The van der Waals surface area contributed by atoms with Gasteiger partial charge >= 0.3 is 0 Å². The van der Waals surface area contributed by atoms with Gasteiger partial charge in [-0.3, -0.25) is 4.79 Å². The van der Waals surface area contributed by atoms with Crippen LogP contribution in [-0.2, 0) is 6.42 Å². The van der Waals surface area contributed by atoms with E-state index in [1.54, 1.807) is 0 Å². The summed E-state index contributed by atoms with van der Waals surface area (Å²) in [4.78, 5) is 12.2. The predicted molar refractivity (Wildman–Crippen MR) is 84.6 cm³/mol. The van der Waals surface area contributed by atoms with Gasteiger partial charge in [-0.25, -0.2) is 0 Å². The molecule has 0 heterocycles. The Morgan fingerprint density at radius 1 is 1.00 bits per heavy atom. The van der Waals surface area contributed by atoms with Crippen molar-refractivity contribution in [2.24, 2.45) is 0 Å². The van der Waals surface area contributed by atoms with Gasteiger partial charge in [0, 0.05) is 11.3 Å². The van der Waals surface area contributed by atoms with Gasteiger partial charge in [-0.05, 0) is 37.0 Å². The van der Waals surface area contributed by atoms with Crippen molar-refractivity contribution in [3.05, 3.63) is 64.7 Å². The van der Waals surface area contributed by atoms with Crippen molar-refractivity contribution in [1.29, 1.82) is 0 Å². The van der Waals surface area contributed by atoms with Crippen molar-refractivity contribution >= 4 is 11.5 Å². The van der Waals surface area contributed by atoms with Crippen LogP contribution in [0.1, 0.15) is 34.0 Å². The maximum atomic E-state index is 12.2. The third-order valence-electron chi connectivity index (χ3n) is 3.59. The zero-order valence-corrected chi connectivity index (χ0v) is 12.4. The molecule has 2 heteroatoms. The van der Waals surface area contributed by atoms with Crippen LogP contribution in [0.3, 0.4) is 0 Å². The van der Waals surface area contributed by atoms with Crippen molar-refractivity contribution in [3.8, 4) is 0 Å². The van der Waals surface area contributed by atoms with Crippen molar-refractivity contribution in [2.75, 3.05) is 11.9 Å². The van der Waals surface area contributed by atoms with Gasteiger partial charge in [0.2, 0.25) is 0 Å². The average molecular weight is 267 g/mol. The lowest BCUT2D eigenvalue weighted by Gasteiger charge is -2.12. The molecule has 2 aromatic carbocycles. The average Bonchev–Trinajstić information content (AvgIpc) is 2.46. The zero-order chi connectivity index (χ0) is 14.5. The molecule has 0 amide bonds. The second-order valence-electron chi connectivity index (χ2n) is 5.09. The summed E-state index contributed by atoms with van der Waals surface area (Å²) < 4.78 is 0. The molecule has 0 atom stereocenters. The van der Waals surface area contributed by atoms with Crippen LogP contribution >= 0.6 is 0 Å². The predicted octanol–water partition coefficient (Wildman–Crippen LogP) is 4.16. The first-order chi connectivity index (χ1) is 9.61. The first-order valence-corrected chi connectivity index (χ1v) is 7.04. The Morgan fingerprint density at radius 2 is 1.60 bits per heavy atom. The van der Waals surface area contributed by atoms with Gasteiger partial charge in [-0.2, -0.15) is 0 Å². The van der Waals surface area contributed by atoms with Gasteiger partial charge in [-0.15, -0.1) is 0 Å². The van der Waals surface area contributed by atoms with Crippen LogP contribution in [0.25, 0.3) is 0 Å². The third-order valence-corrected chi connectivity index (χ3v) is 3.59.